The maximum atomic E-state index is 12.3. The van der Waals surface area contributed by atoms with Gasteiger partial charge in [-0.15, -0.1) is 0 Å². The Balaban J connectivity index is 1.90. The van der Waals surface area contributed by atoms with Crippen LogP contribution >= 0.6 is 0 Å². The molecule has 22 heavy (non-hydrogen) atoms. The van der Waals surface area contributed by atoms with E-state index >= 15 is 0 Å². The van der Waals surface area contributed by atoms with Crippen molar-refractivity contribution in [3.63, 3.8) is 0 Å². The average Bonchev–Trinajstić information content (AvgIpc) is 2.51. The van der Waals surface area contributed by atoms with Crippen LogP contribution in [0.5, 0.6) is 0 Å². The lowest BCUT2D eigenvalue weighted by molar-refractivity contribution is 0.152. The zero-order valence-electron chi connectivity index (χ0n) is 12.7. The number of nitrogens with one attached hydrogen (secondary N) is 2. The number of nitrogens with zero attached hydrogens (tertiary/aromatic N) is 2. The van der Waals surface area contributed by atoms with Crippen LogP contribution in [0.25, 0.3) is 0 Å². The predicted octanol–water partition coefficient (Wildman–Crippen LogP) is 0.695. The molecule has 0 saturated carbocycles. The van der Waals surface area contributed by atoms with Gasteiger partial charge in [0, 0.05) is 38.1 Å². The van der Waals surface area contributed by atoms with E-state index in [1.165, 1.54) is 0 Å². The molecule has 0 unspecified atom stereocenters. The van der Waals surface area contributed by atoms with E-state index in [1.54, 1.807) is 17.3 Å². The Kier molecular flexibility index (Phi) is 5.73. The van der Waals surface area contributed by atoms with E-state index in [9.17, 15) is 13.2 Å². The first kappa shape index (κ1) is 16.7. The SMILES string of the molecule is CS(=O)(=O)NC[C@@H]1CCCCN1C(=O)NCc1cccnc1. The van der Waals surface area contributed by atoms with Gasteiger partial charge in [-0.05, 0) is 30.9 Å². The minimum Gasteiger partial charge on any atom is -0.334 e. The van der Waals surface area contributed by atoms with Crippen LogP contribution in [-0.2, 0) is 16.6 Å². The molecular weight excluding hydrogens is 304 g/mol. The van der Waals surface area contributed by atoms with Crippen LogP contribution in [0.2, 0.25) is 0 Å². The number of piperidine rings is 1. The number of amides is 2. The molecule has 2 heterocycles. The summed E-state index contributed by atoms with van der Waals surface area (Å²) in [5.74, 6) is 0. The van der Waals surface area contributed by atoms with Gasteiger partial charge in [0.25, 0.3) is 0 Å². The molecule has 0 radical (unpaired) electrons. The van der Waals surface area contributed by atoms with E-state index in [-0.39, 0.29) is 18.6 Å². The summed E-state index contributed by atoms with van der Waals surface area (Å²) in [5, 5.41) is 2.87. The Bertz CT molecular complexity index is 591. The van der Waals surface area contributed by atoms with E-state index in [4.69, 9.17) is 0 Å². The lowest BCUT2D eigenvalue weighted by Crippen LogP contribution is -2.52. The van der Waals surface area contributed by atoms with Crippen LogP contribution in [0.15, 0.2) is 24.5 Å². The number of rotatable bonds is 5. The highest BCUT2D eigenvalue weighted by Crippen LogP contribution is 2.16. The molecule has 0 aromatic carbocycles. The quantitative estimate of drug-likeness (QED) is 0.833. The third kappa shape index (κ3) is 5.27. The number of carbonyl (C=O) groups is 1. The molecular formula is C14H22N4O3S. The summed E-state index contributed by atoms with van der Waals surface area (Å²) in [6.07, 6.45) is 7.27. The summed E-state index contributed by atoms with van der Waals surface area (Å²) >= 11 is 0. The Morgan fingerprint density at radius 1 is 1.45 bits per heavy atom. The molecule has 1 aliphatic heterocycles. The maximum Gasteiger partial charge on any atom is 0.317 e. The molecule has 8 heteroatoms. The van der Waals surface area contributed by atoms with Crippen molar-refractivity contribution in [2.45, 2.75) is 31.8 Å². The van der Waals surface area contributed by atoms with E-state index in [1.807, 2.05) is 12.1 Å². The minimum atomic E-state index is -3.24. The van der Waals surface area contributed by atoms with Crippen LogP contribution in [0, 0.1) is 0 Å². The molecule has 0 spiro atoms. The largest absolute Gasteiger partial charge is 0.334 e. The molecule has 1 atom stereocenters. The fourth-order valence-corrected chi connectivity index (χ4v) is 3.00. The van der Waals surface area contributed by atoms with Crippen molar-refractivity contribution in [1.29, 1.82) is 0 Å². The first-order chi connectivity index (χ1) is 10.5. The first-order valence-electron chi connectivity index (χ1n) is 7.34. The number of aromatic nitrogens is 1. The van der Waals surface area contributed by atoms with Crippen molar-refractivity contribution in [2.24, 2.45) is 0 Å². The highest BCUT2D eigenvalue weighted by molar-refractivity contribution is 7.88. The second kappa shape index (κ2) is 7.55. The normalized spacial score (nSPS) is 19.0. The van der Waals surface area contributed by atoms with Crippen LogP contribution in [0.1, 0.15) is 24.8 Å². The number of sulfonamides is 1. The molecule has 1 aromatic heterocycles. The van der Waals surface area contributed by atoms with Gasteiger partial charge in [0.05, 0.1) is 6.26 Å². The van der Waals surface area contributed by atoms with Crippen molar-refractivity contribution in [2.75, 3.05) is 19.3 Å². The summed E-state index contributed by atoms with van der Waals surface area (Å²) in [6, 6.07) is 3.45. The van der Waals surface area contributed by atoms with Crippen molar-refractivity contribution in [3.8, 4) is 0 Å². The third-order valence-corrected chi connectivity index (χ3v) is 4.33. The van der Waals surface area contributed by atoms with Gasteiger partial charge in [-0.2, -0.15) is 0 Å². The molecule has 0 bridgehead atoms. The standard InChI is InChI=1S/C14H22N4O3S/c1-22(20,21)17-11-13-6-2-3-8-18(13)14(19)16-10-12-5-4-7-15-9-12/h4-5,7,9,13,17H,2-3,6,8,10-11H2,1H3,(H,16,19)/t13-/m0/s1. The zero-order valence-corrected chi connectivity index (χ0v) is 13.5. The lowest BCUT2D eigenvalue weighted by atomic mass is 10.0. The van der Waals surface area contributed by atoms with Gasteiger partial charge in [0.2, 0.25) is 10.0 Å². The Morgan fingerprint density at radius 2 is 2.27 bits per heavy atom. The fourth-order valence-electron chi connectivity index (χ4n) is 2.51. The van der Waals surface area contributed by atoms with E-state index in [0.717, 1.165) is 31.1 Å². The minimum absolute atomic E-state index is 0.0997. The van der Waals surface area contributed by atoms with E-state index in [2.05, 4.69) is 15.0 Å². The lowest BCUT2D eigenvalue weighted by Gasteiger charge is -2.35. The third-order valence-electron chi connectivity index (χ3n) is 3.64. The van der Waals surface area contributed by atoms with Gasteiger partial charge < -0.3 is 10.2 Å². The monoisotopic (exact) mass is 326 g/mol. The average molecular weight is 326 g/mol. The Labute approximate surface area is 131 Å². The van der Waals surface area contributed by atoms with E-state index in [0.29, 0.717) is 13.1 Å². The molecule has 1 aliphatic rings. The van der Waals surface area contributed by atoms with Crippen LogP contribution < -0.4 is 10.0 Å². The number of hydrogen-bond acceptors (Lipinski definition) is 4. The summed E-state index contributed by atoms with van der Waals surface area (Å²) < 4.78 is 24.9. The van der Waals surface area contributed by atoms with Gasteiger partial charge in [-0.3, -0.25) is 4.98 Å². The smallest absolute Gasteiger partial charge is 0.317 e. The number of pyridine rings is 1. The van der Waals surface area contributed by atoms with E-state index < -0.39 is 10.0 Å². The Morgan fingerprint density at radius 3 is 2.95 bits per heavy atom. The highest BCUT2D eigenvalue weighted by Gasteiger charge is 2.27. The molecule has 1 saturated heterocycles. The number of urea groups is 1. The number of likely N-dealkylation sites (tertiary alicyclic amines) is 1. The van der Waals surface area contributed by atoms with Gasteiger partial charge in [-0.1, -0.05) is 6.07 Å². The van der Waals surface area contributed by atoms with Crippen LogP contribution in [0.4, 0.5) is 4.79 Å². The van der Waals surface area contributed by atoms with Crippen molar-refractivity contribution >= 4 is 16.1 Å². The maximum absolute atomic E-state index is 12.3. The fraction of sp³-hybridized carbons (Fsp3) is 0.571. The molecule has 1 aromatic rings. The zero-order chi connectivity index (χ0) is 16.0. The summed E-state index contributed by atoms with van der Waals surface area (Å²) in [7, 11) is -3.24. The van der Waals surface area contributed by atoms with Gasteiger partial charge in [-0.25, -0.2) is 17.9 Å². The number of hydrogen-bond donors (Lipinski definition) is 2. The summed E-state index contributed by atoms with van der Waals surface area (Å²) in [5.41, 5.74) is 0.929. The molecule has 2 amide bonds. The molecule has 122 valence electrons. The second-order valence-corrected chi connectivity index (χ2v) is 7.32. The van der Waals surface area contributed by atoms with Gasteiger partial charge in [0.15, 0.2) is 0 Å². The van der Waals surface area contributed by atoms with Crippen molar-refractivity contribution < 1.29 is 13.2 Å². The van der Waals surface area contributed by atoms with Crippen molar-refractivity contribution in [3.05, 3.63) is 30.1 Å². The van der Waals surface area contributed by atoms with Gasteiger partial charge >= 0.3 is 6.03 Å². The molecule has 1 fully saturated rings. The summed E-state index contributed by atoms with van der Waals surface area (Å²) in [4.78, 5) is 18.0. The molecule has 2 N–H and O–H groups in total. The highest BCUT2D eigenvalue weighted by atomic mass is 32.2. The number of carbonyl (C=O) groups excluding carboxylic acids is 1. The Hall–Kier alpha value is -1.67. The van der Waals surface area contributed by atoms with Crippen LogP contribution in [-0.4, -0.2) is 49.7 Å². The topological polar surface area (TPSA) is 91.4 Å². The second-order valence-electron chi connectivity index (χ2n) is 5.48. The molecule has 2 rings (SSSR count). The van der Waals surface area contributed by atoms with Gasteiger partial charge in [0.1, 0.15) is 0 Å². The predicted molar refractivity (Wildman–Crippen MR) is 83.7 cm³/mol. The van der Waals surface area contributed by atoms with Crippen molar-refractivity contribution in [1.82, 2.24) is 19.9 Å². The molecule has 7 nitrogen and oxygen atoms in total. The summed E-state index contributed by atoms with van der Waals surface area (Å²) in [6.45, 7) is 1.32. The molecule has 0 aliphatic carbocycles. The van der Waals surface area contributed by atoms with Crippen LogP contribution in [0.3, 0.4) is 0 Å². The first-order valence-corrected chi connectivity index (χ1v) is 9.23.